The zero-order valence-corrected chi connectivity index (χ0v) is 15.7. The molecule has 23 heavy (non-hydrogen) atoms. The Hall–Kier alpha value is -0.790. The molecule has 0 aromatic heterocycles. The second-order valence-electron chi connectivity index (χ2n) is 7.00. The number of ether oxygens (including phenoxy) is 1. The molecule has 1 rings (SSSR count). The van der Waals surface area contributed by atoms with Crippen LogP contribution in [0.15, 0.2) is 17.1 Å². The molecule has 2 nitrogen and oxygen atoms in total. The SMILES string of the molecule is CCCCCCCC/C=C\CCCCCCCC1=NC[C@@H](C)O1. The van der Waals surface area contributed by atoms with Crippen LogP contribution in [0.2, 0.25) is 0 Å². The van der Waals surface area contributed by atoms with Gasteiger partial charge >= 0.3 is 0 Å². The highest BCUT2D eigenvalue weighted by Crippen LogP contribution is 2.13. The maximum absolute atomic E-state index is 5.62. The second kappa shape index (κ2) is 14.8. The van der Waals surface area contributed by atoms with E-state index in [1.165, 1.54) is 83.5 Å². The molecule has 0 saturated heterocycles. The van der Waals surface area contributed by atoms with E-state index in [-0.39, 0.29) is 0 Å². The first kappa shape index (κ1) is 20.3. The number of rotatable bonds is 15. The minimum Gasteiger partial charge on any atom is -0.476 e. The Bertz CT molecular complexity index is 322. The van der Waals surface area contributed by atoms with Gasteiger partial charge < -0.3 is 4.74 Å². The first-order valence-electron chi connectivity index (χ1n) is 10.2. The van der Waals surface area contributed by atoms with Crippen LogP contribution in [0.25, 0.3) is 0 Å². The summed E-state index contributed by atoms with van der Waals surface area (Å²) in [6.07, 6.45) is 23.7. The quantitative estimate of drug-likeness (QED) is 0.239. The van der Waals surface area contributed by atoms with Gasteiger partial charge in [0.2, 0.25) is 0 Å². The lowest BCUT2D eigenvalue weighted by Crippen LogP contribution is -2.07. The van der Waals surface area contributed by atoms with Crippen LogP contribution < -0.4 is 0 Å². The summed E-state index contributed by atoms with van der Waals surface area (Å²) in [6.45, 7) is 5.24. The minimum absolute atomic E-state index is 0.313. The van der Waals surface area contributed by atoms with Crippen LogP contribution in [0, 0.1) is 0 Å². The Morgan fingerprint density at radius 2 is 1.43 bits per heavy atom. The van der Waals surface area contributed by atoms with Crippen LogP contribution in [-0.2, 0) is 4.74 Å². The van der Waals surface area contributed by atoms with Crippen molar-refractivity contribution in [1.82, 2.24) is 0 Å². The largest absolute Gasteiger partial charge is 0.476 e. The average molecular weight is 322 g/mol. The molecule has 0 aromatic carbocycles. The third-order valence-corrected chi connectivity index (χ3v) is 4.51. The molecular formula is C21H39NO. The van der Waals surface area contributed by atoms with E-state index in [1.54, 1.807) is 0 Å². The topological polar surface area (TPSA) is 21.6 Å². The summed E-state index contributed by atoms with van der Waals surface area (Å²) in [5.41, 5.74) is 0. The molecule has 0 bridgehead atoms. The van der Waals surface area contributed by atoms with Gasteiger partial charge in [-0.25, -0.2) is 0 Å². The summed E-state index contributed by atoms with van der Waals surface area (Å²) >= 11 is 0. The Morgan fingerprint density at radius 3 is 2.00 bits per heavy atom. The monoisotopic (exact) mass is 321 g/mol. The number of nitrogens with zero attached hydrogens (tertiary/aromatic N) is 1. The highest BCUT2D eigenvalue weighted by atomic mass is 16.5. The Labute approximate surface area is 144 Å². The van der Waals surface area contributed by atoms with E-state index in [4.69, 9.17) is 4.74 Å². The van der Waals surface area contributed by atoms with Crippen molar-refractivity contribution in [2.24, 2.45) is 4.99 Å². The Balaban J connectivity index is 1.75. The van der Waals surface area contributed by atoms with Gasteiger partial charge in [-0.05, 0) is 39.0 Å². The highest BCUT2D eigenvalue weighted by molar-refractivity contribution is 5.77. The second-order valence-corrected chi connectivity index (χ2v) is 7.00. The standard InChI is InChI=1S/C21H39NO/c1-3-4-5-6-7-8-9-10-11-12-13-14-15-16-17-18-21-22-19-20(2)23-21/h10-11,20H,3-9,12-19H2,1-2H3/b11-10-/t20-/m1/s1. The molecule has 0 aliphatic carbocycles. The van der Waals surface area contributed by atoms with Gasteiger partial charge in [0.25, 0.3) is 0 Å². The maximum Gasteiger partial charge on any atom is 0.183 e. The van der Waals surface area contributed by atoms with Gasteiger partial charge in [0.1, 0.15) is 6.10 Å². The molecule has 0 N–H and O–H groups in total. The van der Waals surface area contributed by atoms with Crippen molar-refractivity contribution in [3.63, 3.8) is 0 Å². The molecule has 1 aliphatic rings. The molecule has 0 unspecified atom stereocenters. The number of aliphatic imine (C=N–C) groups is 1. The Kier molecular flexibility index (Phi) is 13.0. The summed E-state index contributed by atoms with van der Waals surface area (Å²) < 4.78 is 5.62. The van der Waals surface area contributed by atoms with Crippen molar-refractivity contribution in [3.05, 3.63) is 12.2 Å². The highest BCUT2D eigenvalue weighted by Gasteiger charge is 2.13. The summed E-state index contributed by atoms with van der Waals surface area (Å²) in [5.74, 6) is 0.995. The average Bonchev–Trinajstić information content (AvgIpc) is 2.96. The van der Waals surface area contributed by atoms with Gasteiger partial charge in [0, 0.05) is 6.42 Å². The van der Waals surface area contributed by atoms with Gasteiger partial charge in [-0.15, -0.1) is 0 Å². The third-order valence-electron chi connectivity index (χ3n) is 4.51. The van der Waals surface area contributed by atoms with Crippen LogP contribution in [0.5, 0.6) is 0 Å². The van der Waals surface area contributed by atoms with Gasteiger partial charge in [0.05, 0.1) is 6.54 Å². The van der Waals surface area contributed by atoms with Gasteiger partial charge in [-0.1, -0.05) is 70.4 Å². The van der Waals surface area contributed by atoms with Gasteiger partial charge in [-0.2, -0.15) is 0 Å². The fraction of sp³-hybridized carbons (Fsp3) is 0.857. The Morgan fingerprint density at radius 1 is 0.870 bits per heavy atom. The lowest BCUT2D eigenvalue weighted by Gasteiger charge is -2.05. The van der Waals surface area contributed by atoms with Crippen LogP contribution >= 0.6 is 0 Å². The first-order valence-corrected chi connectivity index (χ1v) is 10.2. The maximum atomic E-state index is 5.62. The van der Waals surface area contributed by atoms with Crippen molar-refractivity contribution in [1.29, 1.82) is 0 Å². The van der Waals surface area contributed by atoms with Crippen molar-refractivity contribution in [3.8, 4) is 0 Å². The fourth-order valence-electron chi connectivity index (χ4n) is 3.02. The van der Waals surface area contributed by atoms with Crippen LogP contribution in [0.3, 0.4) is 0 Å². The number of unbranched alkanes of at least 4 members (excludes halogenated alkanes) is 11. The molecule has 1 aliphatic heterocycles. The molecule has 134 valence electrons. The summed E-state index contributed by atoms with van der Waals surface area (Å²) in [6, 6.07) is 0. The molecule has 0 amide bonds. The van der Waals surface area contributed by atoms with E-state index in [0.717, 1.165) is 18.9 Å². The molecule has 0 aromatic rings. The van der Waals surface area contributed by atoms with Crippen molar-refractivity contribution < 1.29 is 4.74 Å². The zero-order valence-electron chi connectivity index (χ0n) is 15.7. The predicted molar refractivity (Wildman–Crippen MR) is 102 cm³/mol. The van der Waals surface area contributed by atoms with E-state index in [0.29, 0.717) is 6.10 Å². The molecule has 1 heterocycles. The van der Waals surface area contributed by atoms with Crippen LogP contribution in [0.1, 0.15) is 104 Å². The summed E-state index contributed by atoms with van der Waals surface area (Å²) in [5, 5.41) is 0. The molecule has 0 saturated carbocycles. The van der Waals surface area contributed by atoms with Crippen LogP contribution in [0.4, 0.5) is 0 Å². The minimum atomic E-state index is 0.313. The fourth-order valence-corrected chi connectivity index (χ4v) is 3.02. The number of allylic oxidation sites excluding steroid dienone is 2. The molecule has 0 radical (unpaired) electrons. The predicted octanol–water partition coefficient (Wildman–Crippen LogP) is 6.84. The molecular weight excluding hydrogens is 282 g/mol. The molecule has 1 atom stereocenters. The molecule has 0 fully saturated rings. The first-order chi connectivity index (χ1) is 11.3. The van der Waals surface area contributed by atoms with Crippen molar-refractivity contribution in [2.75, 3.05) is 6.54 Å². The molecule has 2 heteroatoms. The lowest BCUT2D eigenvalue weighted by atomic mass is 10.1. The summed E-state index contributed by atoms with van der Waals surface area (Å²) in [7, 11) is 0. The normalized spacial score (nSPS) is 17.7. The lowest BCUT2D eigenvalue weighted by molar-refractivity contribution is 0.238. The van der Waals surface area contributed by atoms with Crippen molar-refractivity contribution in [2.45, 2.75) is 110 Å². The van der Waals surface area contributed by atoms with E-state index >= 15 is 0 Å². The van der Waals surface area contributed by atoms with Gasteiger partial charge in [-0.3, -0.25) is 4.99 Å². The van der Waals surface area contributed by atoms with Gasteiger partial charge in [0.15, 0.2) is 5.90 Å². The zero-order chi connectivity index (χ0) is 16.6. The number of hydrogen-bond donors (Lipinski definition) is 0. The summed E-state index contributed by atoms with van der Waals surface area (Å²) in [4.78, 5) is 4.41. The smallest absolute Gasteiger partial charge is 0.183 e. The van der Waals surface area contributed by atoms with E-state index in [1.807, 2.05) is 0 Å². The number of hydrogen-bond acceptors (Lipinski definition) is 2. The molecule has 0 spiro atoms. The van der Waals surface area contributed by atoms with E-state index in [2.05, 4.69) is 31.0 Å². The van der Waals surface area contributed by atoms with Crippen molar-refractivity contribution >= 4 is 5.90 Å². The van der Waals surface area contributed by atoms with E-state index < -0.39 is 0 Å². The third kappa shape index (κ3) is 12.3. The van der Waals surface area contributed by atoms with Crippen LogP contribution in [-0.4, -0.2) is 18.5 Å². The van der Waals surface area contributed by atoms with E-state index in [9.17, 15) is 0 Å².